The zero-order valence-corrected chi connectivity index (χ0v) is 13.2. The normalized spacial score (nSPS) is 22.2. The summed E-state index contributed by atoms with van der Waals surface area (Å²) in [5.41, 5.74) is 2.71. The summed E-state index contributed by atoms with van der Waals surface area (Å²) in [6.45, 7) is 7.94. The molecule has 1 aliphatic rings. The second-order valence-electron chi connectivity index (χ2n) is 5.57. The summed E-state index contributed by atoms with van der Waals surface area (Å²) < 4.78 is 10.7. The van der Waals surface area contributed by atoms with E-state index in [0.29, 0.717) is 17.9 Å². The van der Waals surface area contributed by atoms with Crippen LogP contribution in [0.4, 0.5) is 0 Å². The lowest BCUT2D eigenvalue weighted by Gasteiger charge is -2.36. The highest BCUT2D eigenvalue weighted by atomic mass is 16.5. The Kier molecular flexibility index (Phi) is 4.21. The van der Waals surface area contributed by atoms with Crippen LogP contribution < -0.4 is 9.47 Å². The van der Waals surface area contributed by atoms with E-state index in [1.54, 1.807) is 14.2 Å². The fourth-order valence-corrected chi connectivity index (χ4v) is 3.11. The van der Waals surface area contributed by atoms with E-state index in [1.807, 2.05) is 31.2 Å². The number of allylic oxidation sites excluding steroid dienone is 3. The zero-order valence-electron chi connectivity index (χ0n) is 13.2. The summed E-state index contributed by atoms with van der Waals surface area (Å²) in [6.07, 6.45) is 3.15. The molecule has 0 radical (unpaired) electrons. The molecule has 1 aromatic rings. The van der Waals surface area contributed by atoms with Crippen LogP contribution in [-0.2, 0) is 10.2 Å². The van der Waals surface area contributed by atoms with Gasteiger partial charge >= 0.3 is 0 Å². The standard InChI is InChI=1S/C18H22O3/c1-6-14-12(2)15(19)9-10-18(14,3)13-7-8-16(20-4)17(11-13)21-5/h6-8,11H,1,9-10H2,2-5H3. The largest absolute Gasteiger partial charge is 0.493 e. The van der Waals surface area contributed by atoms with Crippen LogP contribution in [0.1, 0.15) is 32.3 Å². The molecule has 0 bridgehead atoms. The minimum atomic E-state index is -0.223. The molecule has 3 nitrogen and oxygen atoms in total. The molecule has 21 heavy (non-hydrogen) atoms. The Morgan fingerprint density at radius 3 is 2.48 bits per heavy atom. The quantitative estimate of drug-likeness (QED) is 0.844. The van der Waals surface area contributed by atoms with Crippen molar-refractivity contribution in [2.24, 2.45) is 0 Å². The highest BCUT2D eigenvalue weighted by Crippen LogP contribution is 2.44. The first kappa shape index (κ1) is 15.4. The van der Waals surface area contributed by atoms with Gasteiger partial charge in [-0.3, -0.25) is 4.79 Å². The number of carbonyl (C=O) groups is 1. The average Bonchev–Trinajstić information content (AvgIpc) is 2.51. The lowest BCUT2D eigenvalue weighted by atomic mass is 9.67. The fourth-order valence-electron chi connectivity index (χ4n) is 3.11. The van der Waals surface area contributed by atoms with E-state index in [0.717, 1.165) is 23.1 Å². The number of ether oxygens (including phenoxy) is 2. The van der Waals surface area contributed by atoms with Crippen molar-refractivity contribution >= 4 is 5.78 Å². The van der Waals surface area contributed by atoms with Crippen molar-refractivity contribution in [2.75, 3.05) is 14.2 Å². The minimum Gasteiger partial charge on any atom is -0.493 e. The molecular weight excluding hydrogens is 264 g/mol. The predicted octanol–water partition coefficient (Wildman–Crippen LogP) is 3.83. The van der Waals surface area contributed by atoms with Gasteiger partial charge in [0, 0.05) is 11.8 Å². The summed E-state index contributed by atoms with van der Waals surface area (Å²) in [6, 6.07) is 5.94. The maximum Gasteiger partial charge on any atom is 0.161 e. The summed E-state index contributed by atoms with van der Waals surface area (Å²) in [7, 11) is 3.25. The highest BCUT2D eigenvalue weighted by Gasteiger charge is 2.36. The molecule has 0 aliphatic heterocycles. The van der Waals surface area contributed by atoms with Crippen LogP contribution >= 0.6 is 0 Å². The lowest BCUT2D eigenvalue weighted by Crippen LogP contribution is -2.31. The van der Waals surface area contributed by atoms with E-state index >= 15 is 0 Å². The van der Waals surface area contributed by atoms with Gasteiger partial charge in [0.05, 0.1) is 14.2 Å². The first-order chi connectivity index (χ1) is 9.97. The molecule has 1 unspecified atom stereocenters. The Morgan fingerprint density at radius 2 is 1.90 bits per heavy atom. The summed E-state index contributed by atoms with van der Waals surface area (Å²) in [5, 5.41) is 0. The van der Waals surface area contributed by atoms with Gasteiger partial charge < -0.3 is 9.47 Å². The number of hydrogen-bond donors (Lipinski definition) is 0. The smallest absolute Gasteiger partial charge is 0.161 e. The van der Waals surface area contributed by atoms with E-state index in [-0.39, 0.29) is 11.2 Å². The van der Waals surface area contributed by atoms with Gasteiger partial charge in [-0.05, 0) is 42.2 Å². The van der Waals surface area contributed by atoms with Gasteiger partial charge in [-0.2, -0.15) is 0 Å². The topological polar surface area (TPSA) is 35.5 Å². The van der Waals surface area contributed by atoms with Crippen LogP contribution in [0, 0.1) is 0 Å². The third kappa shape index (κ3) is 2.48. The highest BCUT2D eigenvalue weighted by molar-refractivity contribution is 5.97. The second-order valence-corrected chi connectivity index (χ2v) is 5.57. The number of benzene rings is 1. The Morgan fingerprint density at radius 1 is 1.24 bits per heavy atom. The first-order valence-corrected chi connectivity index (χ1v) is 7.07. The first-order valence-electron chi connectivity index (χ1n) is 7.07. The molecule has 0 N–H and O–H groups in total. The SMILES string of the molecule is C=CC1=C(C)C(=O)CCC1(C)c1ccc(OC)c(OC)c1. The molecule has 3 heteroatoms. The molecule has 1 aliphatic carbocycles. The van der Waals surface area contributed by atoms with E-state index in [4.69, 9.17) is 9.47 Å². The minimum absolute atomic E-state index is 0.211. The van der Waals surface area contributed by atoms with Gasteiger partial charge in [0.1, 0.15) is 0 Å². The van der Waals surface area contributed by atoms with Gasteiger partial charge in [0.2, 0.25) is 0 Å². The molecule has 1 atom stereocenters. The van der Waals surface area contributed by atoms with Crippen LogP contribution in [0.5, 0.6) is 11.5 Å². The molecule has 0 spiro atoms. The van der Waals surface area contributed by atoms with Gasteiger partial charge in [0.25, 0.3) is 0 Å². The van der Waals surface area contributed by atoms with Crippen LogP contribution in [0.15, 0.2) is 42.0 Å². The summed E-state index contributed by atoms with van der Waals surface area (Å²) in [4.78, 5) is 12.0. The monoisotopic (exact) mass is 286 g/mol. The molecule has 0 heterocycles. The maximum atomic E-state index is 12.0. The molecule has 0 aromatic heterocycles. The third-order valence-corrected chi connectivity index (χ3v) is 4.49. The van der Waals surface area contributed by atoms with Gasteiger partial charge in [-0.25, -0.2) is 0 Å². The molecule has 0 fully saturated rings. The molecule has 1 aromatic carbocycles. The number of methoxy groups -OCH3 is 2. The molecule has 0 saturated heterocycles. The van der Waals surface area contributed by atoms with Crippen LogP contribution in [0.25, 0.3) is 0 Å². The van der Waals surface area contributed by atoms with Crippen LogP contribution in [0.3, 0.4) is 0 Å². The van der Waals surface area contributed by atoms with Gasteiger partial charge in [-0.15, -0.1) is 0 Å². The number of hydrogen-bond acceptors (Lipinski definition) is 3. The zero-order chi connectivity index (χ0) is 15.6. The number of Topliss-reactive ketones (excluding diaryl/α,β-unsaturated/α-hetero) is 1. The van der Waals surface area contributed by atoms with E-state index in [2.05, 4.69) is 13.5 Å². The molecular formula is C18H22O3. The summed E-state index contributed by atoms with van der Waals surface area (Å²) >= 11 is 0. The maximum absolute atomic E-state index is 12.0. The van der Waals surface area contributed by atoms with E-state index < -0.39 is 0 Å². The van der Waals surface area contributed by atoms with Crippen molar-refractivity contribution in [3.8, 4) is 11.5 Å². The van der Waals surface area contributed by atoms with Gasteiger partial charge in [0.15, 0.2) is 17.3 Å². The van der Waals surface area contributed by atoms with Crippen molar-refractivity contribution in [1.82, 2.24) is 0 Å². The Balaban J connectivity index is 2.59. The van der Waals surface area contributed by atoms with Crippen molar-refractivity contribution < 1.29 is 14.3 Å². The predicted molar refractivity (Wildman–Crippen MR) is 84.0 cm³/mol. The van der Waals surface area contributed by atoms with E-state index in [1.165, 1.54) is 0 Å². The molecule has 2 rings (SSSR count). The molecule has 112 valence electrons. The van der Waals surface area contributed by atoms with Crippen LogP contribution in [0.2, 0.25) is 0 Å². The third-order valence-electron chi connectivity index (χ3n) is 4.49. The number of rotatable bonds is 4. The number of carbonyl (C=O) groups excluding carboxylic acids is 1. The van der Waals surface area contributed by atoms with Crippen molar-refractivity contribution in [3.05, 3.63) is 47.6 Å². The summed E-state index contributed by atoms with van der Waals surface area (Å²) in [5.74, 6) is 1.62. The number of ketones is 1. The fraction of sp³-hybridized carbons (Fsp3) is 0.389. The average molecular weight is 286 g/mol. The van der Waals surface area contributed by atoms with E-state index in [9.17, 15) is 4.79 Å². The van der Waals surface area contributed by atoms with Gasteiger partial charge in [-0.1, -0.05) is 25.6 Å². The van der Waals surface area contributed by atoms with Crippen molar-refractivity contribution in [2.45, 2.75) is 32.1 Å². The van der Waals surface area contributed by atoms with Crippen molar-refractivity contribution in [1.29, 1.82) is 0 Å². The molecule has 0 saturated carbocycles. The van der Waals surface area contributed by atoms with Crippen molar-refractivity contribution in [3.63, 3.8) is 0 Å². The Bertz CT molecular complexity index is 613. The lowest BCUT2D eigenvalue weighted by molar-refractivity contribution is -0.116. The van der Waals surface area contributed by atoms with Crippen LogP contribution in [-0.4, -0.2) is 20.0 Å². The Labute approximate surface area is 126 Å². The molecule has 0 amide bonds. The Hall–Kier alpha value is -2.03. The second kappa shape index (κ2) is 5.76.